The van der Waals surface area contributed by atoms with E-state index in [2.05, 4.69) is 5.32 Å². The fourth-order valence-corrected chi connectivity index (χ4v) is 1.72. The van der Waals surface area contributed by atoms with Gasteiger partial charge in [0.1, 0.15) is 18.5 Å². The highest BCUT2D eigenvalue weighted by Crippen LogP contribution is 2.12. The Morgan fingerprint density at radius 3 is 3.00 bits per heavy atom. The van der Waals surface area contributed by atoms with Gasteiger partial charge in [-0.05, 0) is 37.6 Å². The Morgan fingerprint density at radius 2 is 2.29 bits per heavy atom. The summed E-state index contributed by atoms with van der Waals surface area (Å²) in [4.78, 5) is 10.5. The number of hydrogen-bond donors (Lipinski definition) is 3. The number of nitrogens with one attached hydrogen (secondary N) is 1. The van der Waals surface area contributed by atoms with Gasteiger partial charge in [-0.25, -0.2) is 0 Å². The first-order valence-electron chi connectivity index (χ1n) is 6.92. The highest BCUT2D eigenvalue weighted by atomic mass is 16.5. The Bertz CT molecular complexity index is 485. The SMILES string of the molecule is N#Cc1cccc(OCC(O)CNCCCCC(N)=O)c1. The maximum absolute atomic E-state index is 10.5. The van der Waals surface area contributed by atoms with E-state index in [4.69, 9.17) is 15.7 Å². The zero-order chi connectivity index (χ0) is 15.5. The summed E-state index contributed by atoms with van der Waals surface area (Å²) >= 11 is 0. The van der Waals surface area contributed by atoms with Gasteiger partial charge in [0.15, 0.2) is 0 Å². The van der Waals surface area contributed by atoms with E-state index in [-0.39, 0.29) is 12.5 Å². The number of nitrogens with zero attached hydrogens (tertiary/aromatic N) is 1. The van der Waals surface area contributed by atoms with Gasteiger partial charge >= 0.3 is 0 Å². The fourth-order valence-electron chi connectivity index (χ4n) is 1.72. The van der Waals surface area contributed by atoms with Gasteiger partial charge in [0.05, 0.1) is 11.6 Å². The maximum Gasteiger partial charge on any atom is 0.217 e. The van der Waals surface area contributed by atoms with Gasteiger partial charge in [-0.3, -0.25) is 4.79 Å². The van der Waals surface area contributed by atoms with Crippen LogP contribution in [0.5, 0.6) is 5.75 Å². The number of nitrogens with two attached hydrogens (primary N) is 1. The first-order chi connectivity index (χ1) is 10.1. The Balaban J connectivity index is 2.12. The third-order valence-corrected chi connectivity index (χ3v) is 2.81. The third-order valence-electron chi connectivity index (χ3n) is 2.81. The predicted molar refractivity (Wildman–Crippen MR) is 78.6 cm³/mol. The summed E-state index contributed by atoms with van der Waals surface area (Å²) in [5.41, 5.74) is 5.56. The second-order valence-corrected chi connectivity index (χ2v) is 4.73. The topological polar surface area (TPSA) is 108 Å². The quantitative estimate of drug-likeness (QED) is 0.545. The maximum atomic E-state index is 10.5. The molecule has 0 bridgehead atoms. The van der Waals surface area contributed by atoms with Crippen molar-refractivity contribution in [1.82, 2.24) is 5.32 Å². The summed E-state index contributed by atoms with van der Waals surface area (Å²) in [6.07, 6.45) is 1.34. The van der Waals surface area contributed by atoms with Gasteiger partial charge in [0.25, 0.3) is 0 Å². The highest BCUT2D eigenvalue weighted by Gasteiger charge is 2.05. The van der Waals surface area contributed by atoms with E-state index in [1.807, 2.05) is 6.07 Å². The zero-order valence-corrected chi connectivity index (χ0v) is 11.9. The van der Waals surface area contributed by atoms with Crippen LogP contribution in [0, 0.1) is 11.3 Å². The molecule has 0 saturated carbocycles. The van der Waals surface area contributed by atoms with Gasteiger partial charge in [-0.2, -0.15) is 5.26 Å². The number of unbranched alkanes of at least 4 members (excludes halogenated alkanes) is 1. The second kappa shape index (κ2) is 9.75. The van der Waals surface area contributed by atoms with Crippen LogP contribution in [-0.2, 0) is 4.79 Å². The summed E-state index contributed by atoms with van der Waals surface area (Å²) in [6, 6.07) is 8.82. The van der Waals surface area contributed by atoms with Gasteiger partial charge in [0, 0.05) is 13.0 Å². The minimum Gasteiger partial charge on any atom is -0.491 e. The number of hydrogen-bond acceptors (Lipinski definition) is 5. The molecule has 0 aromatic heterocycles. The van der Waals surface area contributed by atoms with E-state index in [1.54, 1.807) is 24.3 Å². The van der Waals surface area contributed by atoms with Crippen molar-refractivity contribution in [2.75, 3.05) is 19.7 Å². The molecule has 1 aromatic rings. The molecule has 0 aliphatic carbocycles. The van der Waals surface area contributed by atoms with E-state index in [0.717, 1.165) is 12.8 Å². The van der Waals surface area contributed by atoms with Gasteiger partial charge < -0.3 is 20.9 Å². The summed E-state index contributed by atoms with van der Waals surface area (Å²) in [6.45, 7) is 1.28. The number of primary amides is 1. The largest absolute Gasteiger partial charge is 0.491 e. The zero-order valence-electron chi connectivity index (χ0n) is 11.9. The minimum atomic E-state index is -0.633. The monoisotopic (exact) mass is 291 g/mol. The predicted octanol–water partition coefficient (Wildman–Crippen LogP) is 0.543. The molecule has 6 heteroatoms. The number of ether oxygens (including phenoxy) is 1. The van der Waals surface area contributed by atoms with Crippen molar-refractivity contribution in [3.05, 3.63) is 29.8 Å². The van der Waals surface area contributed by atoms with Gasteiger partial charge in [-0.15, -0.1) is 0 Å². The number of carbonyl (C=O) groups excluding carboxylic acids is 1. The van der Waals surface area contributed by atoms with E-state index in [9.17, 15) is 9.90 Å². The summed E-state index contributed by atoms with van der Waals surface area (Å²) in [5.74, 6) is 0.276. The van der Waals surface area contributed by atoms with Crippen LogP contribution in [0.3, 0.4) is 0 Å². The van der Waals surface area contributed by atoms with Crippen molar-refractivity contribution in [3.8, 4) is 11.8 Å². The van der Waals surface area contributed by atoms with E-state index >= 15 is 0 Å². The Hall–Kier alpha value is -2.10. The lowest BCUT2D eigenvalue weighted by molar-refractivity contribution is -0.118. The molecule has 1 amide bonds. The molecule has 0 aliphatic rings. The average molecular weight is 291 g/mol. The lowest BCUT2D eigenvalue weighted by atomic mass is 10.2. The number of aliphatic hydroxyl groups is 1. The van der Waals surface area contributed by atoms with Crippen LogP contribution in [-0.4, -0.2) is 36.8 Å². The van der Waals surface area contributed by atoms with Crippen LogP contribution >= 0.6 is 0 Å². The molecule has 1 unspecified atom stereocenters. The summed E-state index contributed by atoms with van der Waals surface area (Å²) in [5, 5.41) is 21.6. The smallest absolute Gasteiger partial charge is 0.217 e. The standard InChI is InChI=1S/C15H21N3O3/c16-9-12-4-3-5-14(8-12)21-11-13(19)10-18-7-2-1-6-15(17)20/h3-5,8,13,18-19H,1-2,6-7,10-11H2,(H2,17,20). The van der Waals surface area contributed by atoms with E-state index in [1.165, 1.54) is 0 Å². The number of amides is 1. The molecule has 21 heavy (non-hydrogen) atoms. The van der Waals surface area contributed by atoms with Crippen LogP contribution in [0.1, 0.15) is 24.8 Å². The van der Waals surface area contributed by atoms with Crippen molar-refractivity contribution in [2.24, 2.45) is 5.73 Å². The molecule has 0 radical (unpaired) electrons. The van der Waals surface area contributed by atoms with Crippen molar-refractivity contribution >= 4 is 5.91 Å². The second-order valence-electron chi connectivity index (χ2n) is 4.73. The number of benzene rings is 1. The van der Waals surface area contributed by atoms with Crippen molar-refractivity contribution in [3.63, 3.8) is 0 Å². The molecule has 0 heterocycles. The first-order valence-corrected chi connectivity index (χ1v) is 6.92. The summed E-state index contributed by atoms with van der Waals surface area (Å²) < 4.78 is 5.42. The van der Waals surface area contributed by atoms with Crippen molar-refractivity contribution < 1.29 is 14.6 Å². The van der Waals surface area contributed by atoms with Gasteiger partial charge in [-0.1, -0.05) is 6.07 Å². The fraction of sp³-hybridized carbons (Fsp3) is 0.467. The van der Waals surface area contributed by atoms with Crippen LogP contribution in [0.15, 0.2) is 24.3 Å². The highest BCUT2D eigenvalue weighted by molar-refractivity contribution is 5.73. The molecule has 1 rings (SSSR count). The molecule has 0 saturated heterocycles. The van der Waals surface area contributed by atoms with Crippen LogP contribution in [0.2, 0.25) is 0 Å². The van der Waals surface area contributed by atoms with Crippen molar-refractivity contribution in [1.29, 1.82) is 5.26 Å². The average Bonchev–Trinajstić information content (AvgIpc) is 2.48. The summed E-state index contributed by atoms with van der Waals surface area (Å²) in [7, 11) is 0. The first kappa shape index (κ1) is 17.0. The number of rotatable bonds is 10. The van der Waals surface area contributed by atoms with Crippen LogP contribution in [0.4, 0.5) is 0 Å². The number of nitriles is 1. The van der Waals surface area contributed by atoms with Crippen LogP contribution < -0.4 is 15.8 Å². The lowest BCUT2D eigenvalue weighted by Gasteiger charge is -2.13. The van der Waals surface area contributed by atoms with Crippen molar-refractivity contribution in [2.45, 2.75) is 25.4 Å². The Labute approximate surface area is 124 Å². The molecular weight excluding hydrogens is 270 g/mol. The van der Waals surface area contributed by atoms with Crippen LogP contribution in [0.25, 0.3) is 0 Å². The Morgan fingerprint density at radius 1 is 1.48 bits per heavy atom. The van der Waals surface area contributed by atoms with Gasteiger partial charge in [0.2, 0.25) is 5.91 Å². The molecule has 0 aliphatic heterocycles. The van der Waals surface area contributed by atoms with E-state index in [0.29, 0.717) is 30.8 Å². The molecule has 0 spiro atoms. The van der Waals surface area contributed by atoms with E-state index < -0.39 is 6.10 Å². The molecular formula is C15H21N3O3. The number of carbonyl (C=O) groups is 1. The Kier molecular flexibility index (Phi) is 7.87. The normalized spacial score (nSPS) is 11.6. The molecule has 1 aromatic carbocycles. The molecule has 1 atom stereocenters. The molecule has 114 valence electrons. The molecule has 4 N–H and O–H groups in total. The molecule has 6 nitrogen and oxygen atoms in total. The third kappa shape index (κ3) is 7.92. The lowest BCUT2D eigenvalue weighted by Crippen LogP contribution is -2.32. The molecule has 0 fully saturated rings. The minimum absolute atomic E-state index is 0.156. The number of aliphatic hydroxyl groups excluding tert-OH is 1.